The van der Waals surface area contributed by atoms with Gasteiger partial charge in [-0.15, -0.1) is 0 Å². The van der Waals surface area contributed by atoms with Crippen molar-refractivity contribution < 1.29 is 19.5 Å². The van der Waals surface area contributed by atoms with E-state index in [-0.39, 0.29) is 31.3 Å². The zero-order chi connectivity index (χ0) is 21.1. The van der Waals surface area contributed by atoms with Gasteiger partial charge < -0.3 is 14.9 Å². The van der Waals surface area contributed by atoms with Crippen LogP contribution in [-0.2, 0) is 16.0 Å². The average Bonchev–Trinajstić information content (AvgIpc) is 2.76. The van der Waals surface area contributed by atoms with E-state index in [1.807, 2.05) is 30.3 Å². The van der Waals surface area contributed by atoms with Crippen molar-refractivity contribution in [3.05, 3.63) is 35.9 Å². The fraction of sp³-hybridized carbons (Fsp3) is 0.609. The van der Waals surface area contributed by atoms with Gasteiger partial charge in [-0.3, -0.25) is 14.5 Å². The quantitative estimate of drug-likeness (QED) is 0.805. The molecule has 3 aliphatic rings. The van der Waals surface area contributed by atoms with Crippen LogP contribution in [0, 0.1) is 5.92 Å². The molecule has 0 spiro atoms. The first-order chi connectivity index (χ1) is 14.5. The molecular weight excluding hydrogens is 382 g/mol. The lowest BCUT2D eigenvalue weighted by atomic mass is 9.83. The minimum Gasteiger partial charge on any atom is -0.465 e. The van der Waals surface area contributed by atoms with Gasteiger partial charge in [0, 0.05) is 19.5 Å². The molecule has 162 valence electrons. The number of hydrogen-bond acceptors (Lipinski definition) is 3. The highest BCUT2D eigenvalue weighted by Crippen LogP contribution is 2.33. The number of carbonyl (C=O) groups is 3. The monoisotopic (exact) mass is 413 g/mol. The van der Waals surface area contributed by atoms with Crippen LogP contribution in [0.25, 0.3) is 0 Å². The molecule has 30 heavy (non-hydrogen) atoms. The molecule has 2 heterocycles. The number of benzene rings is 1. The topological polar surface area (TPSA) is 81.2 Å². The Balaban J connectivity index is 1.56. The third-order valence-electron chi connectivity index (χ3n) is 6.89. The molecule has 1 aliphatic carbocycles. The maximum absolute atomic E-state index is 13.5. The smallest absolute Gasteiger partial charge is 0.409 e. The first-order valence-electron chi connectivity index (χ1n) is 11.2. The van der Waals surface area contributed by atoms with E-state index >= 15 is 0 Å². The molecule has 1 aromatic rings. The summed E-state index contributed by atoms with van der Waals surface area (Å²) in [4.78, 5) is 42.9. The summed E-state index contributed by atoms with van der Waals surface area (Å²) in [5.41, 5.74) is 1.14. The van der Waals surface area contributed by atoms with E-state index in [1.54, 1.807) is 9.80 Å². The van der Waals surface area contributed by atoms with Crippen LogP contribution in [0.15, 0.2) is 30.3 Å². The van der Waals surface area contributed by atoms with E-state index in [1.165, 1.54) is 24.2 Å². The fourth-order valence-corrected chi connectivity index (χ4v) is 5.28. The number of nitrogens with zero attached hydrogens (tertiary/aromatic N) is 3. The van der Waals surface area contributed by atoms with Gasteiger partial charge in [-0.1, -0.05) is 62.4 Å². The number of piperazine rings is 1. The van der Waals surface area contributed by atoms with E-state index < -0.39 is 18.3 Å². The number of carbonyl (C=O) groups excluding carboxylic acids is 2. The highest BCUT2D eigenvalue weighted by atomic mass is 16.4. The zero-order valence-electron chi connectivity index (χ0n) is 17.4. The van der Waals surface area contributed by atoms with Crippen molar-refractivity contribution in [2.75, 3.05) is 19.6 Å². The summed E-state index contributed by atoms with van der Waals surface area (Å²) in [5, 5.41) is 9.72. The molecule has 0 bridgehead atoms. The molecule has 1 saturated carbocycles. The molecule has 1 aromatic carbocycles. The molecule has 0 radical (unpaired) electrons. The summed E-state index contributed by atoms with van der Waals surface area (Å²) >= 11 is 0. The normalized spacial score (nSPS) is 25.4. The van der Waals surface area contributed by atoms with Gasteiger partial charge in [0.25, 0.3) is 0 Å². The number of fused-ring (bicyclic) bond motifs is 1. The Hall–Kier alpha value is -2.57. The van der Waals surface area contributed by atoms with E-state index in [9.17, 15) is 19.5 Å². The van der Waals surface area contributed by atoms with Gasteiger partial charge in [-0.25, -0.2) is 4.79 Å². The fourth-order valence-electron chi connectivity index (χ4n) is 5.28. The Morgan fingerprint density at radius 3 is 2.50 bits per heavy atom. The number of rotatable bonds is 5. The van der Waals surface area contributed by atoms with Gasteiger partial charge in [0.15, 0.2) is 0 Å². The maximum Gasteiger partial charge on any atom is 0.409 e. The van der Waals surface area contributed by atoms with Crippen molar-refractivity contribution in [3.63, 3.8) is 0 Å². The molecule has 2 atom stereocenters. The molecule has 3 amide bonds. The summed E-state index contributed by atoms with van der Waals surface area (Å²) in [6.07, 6.45) is 5.66. The summed E-state index contributed by atoms with van der Waals surface area (Å²) < 4.78 is 0. The Kier molecular flexibility index (Phi) is 6.25. The highest BCUT2D eigenvalue weighted by molar-refractivity contribution is 5.90. The van der Waals surface area contributed by atoms with E-state index in [2.05, 4.69) is 0 Å². The van der Waals surface area contributed by atoms with Crippen molar-refractivity contribution in [2.24, 2.45) is 5.92 Å². The van der Waals surface area contributed by atoms with Gasteiger partial charge in [0.1, 0.15) is 12.2 Å². The third kappa shape index (κ3) is 4.30. The van der Waals surface area contributed by atoms with Crippen molar-refractivity contribution in [2.45, 2.75) is 63.6 Å². The van der Waals surface area contributed by atoms with Crippen molar-refractivity contribution >= 4 is 17.9 Å². The van der Waals surface area contributed by atoms with Crippen LogP contribution in [0.3, 0.4) is 0 Å². The molecule has 0 unspecified atom stereocenters. The van der Waals surface area contributed by atoms with Gasteiger partial charge in [-0.05, 0) is 24.3 Å². The summed E-state index contributed by atoms with van der Waals surface area (Å²) in [5.74, 6) is 0.318. The molecule has 4 rings (SSSR count). The standard InChI is InChI=1S/C23H31N3O4/c27-21-12-14-25(23(29)30)20-16-24(13-11-17-7-3-1-4-8-17)22(28)19(26(20)21)15-18-9-5-2-6-10-18/h1,3-4,7-8,18-20H,2,5-6,9-16H2,(H,29,30)/t19-,20+/m0/s1. The number of amides is 3. The van der Waals surface area contributed by atoms with Crippen LogP contribution in [0.2, 0.25) is 0 Å². The van der Waals surface area contributed by atoms with Gasteiger partial charge >= 0.3 is 6.09 Å². The SMILES string of the molecule is O=C1[C@H](CC2CCCCC2)N2C(=O)CCN(C(=O)O)[C@H]2CN1CCc1ccccc1. The minimum absolute atomic E-state index is 0.0201. The predicted octanol–water partition coefficient (Wildman–Crippen LogP) is 2.95. The van der Waals surface area contributed by atoms with Gasteiger partial charge in [0.05, 0.1) is 6.54 Å². The lowest BCUT2D eigenvalue weighted by molar-refractivity contribution is -0.168. The molecule has 2 saturated heterocycles. The zero-order valence-corrected chi connectivity index (χ0v) is 17.4. The Morgan fingerprint density at radius 2 is 1.80 bits per heavy atom. The van der Waals surface area contributed by atoms with Gasteiger partial charge in [-0.2, -0.15) is 0 Å². The molecule has 1 N–H and O–H groups in total. The molecule has 7 heteroatoms. The van der Waals surface area contributed by atoms with Crippen molar-refractivity contribution in [3.8, 4) is 0 Å². The van der Waals surface area contributed by atoms with Crippen LogP contribution >= 0.6 is 0 Å². The molecule has 7 nitrogen and oxygen atoms in total. The van der Waals surface area contributed by atoms with E-state index in [4.69, 9.17) is 0 Å². The largest absolute Gasteiger partial charge is 0.465 e. The summed E-state index contributed by atoms with van der Waals surface area (Å²) in [7, 11) is 0. The number of hydrogen-bond donors (Lipinski definition) is 1. The Morgan fingerprint density at radius 1 is 1.07 bits per heavy atom. The number of carboxylic acid groups (broad SMARTS) is 1. The summed E-state index contributed by atoms with van der Waals surface area (Å²) in [6.45, 7) is 0.993. The second-order valence-corrected chi connectivity index (χ2v) is 8.78. The lowest BCUT2D eigenvalue weighted by Gasteiger charge is -2.52. The molecule has 0 aromatic heterocycles. The maximum atomic E-state index is 13.5. The van der Waals surface area contributed by atoms with Crippen LogP contribution in [0.5, 0.6) is 0 Å². The third-order valence-corrected chi connectivity index (χ3v) is 6.89. The van der Waals surface area contributed by atoms with Gasteiger partial charge in [0.2, 0.25) is 11.8 Å². The molecular formula is C23H31N3O4. The predicted molar refractivity (Wildman–Crippen MR) is 112 cm³/mol. The average molecular weight is 414 g/mol. The molecule has 2 aliphatic heterocycles. The van der Waals surface area contributed by atoms with E-state index in [0.717, 1.165) is 24.8 Å². The first kappa shape index (κ1) is 20.7. The van der Waals surface area contributed by atoms with Crippen molar-refractivity contribution in [1.29, 1.82) is 0 Å². The second kappa shape index (κ2) is 9.06. The highest BCUT2D eigenvalue weighted by Gasteiger charge is 2.49. The minimum atomic E-state index is -1.02. The lowest BCUT2D eigenvalue weighted by Crippen LogP contribution is -2.71. The van der Waals surface area contributed by atoms with Crippen LogP contribution in [0.4, 0.5) is 4.79 Å². The van der Waals surface area contributed by atoms with Crippen molar-refractivity contribution in [1.82, 2.24) is 14.7 Å². The first-order valence-corrected chi connectivity index (χ1v) is 11.2. The van der Waals surface area contributed by atoms with Crippen LogP contribution < -0.4 is 0 Å². The Bertz CT molecular complexity index is 778. The molecule has 3 fully saturated rings. The summed E-state index contributed by atoms with van der Waals surface area (Å²) in [6, 6.07) is 9.45. The van der Waals surface area contributed by atoms with Crippen LogP contribution in [-0.4, -0.2) is 69.6 Å². The second-order valence-electron chi connectivity index (χ2n) is 8.78. The Labute approximate surface area is 177 Å². The van der Waals surface area contributed by atoms with E-state index in [0.29, 0.717) is 18.9 Å². The van der Waals surface area contributed by atoms with Crippen LogP contribution in [0.1, 0.15) is 50.5 Å².